The number of rotatable bonds is 6. The van der Waals surface area contributed by atoms with E-state index in [0.29, 0.717) is 13.1 Å². The van der Waals surface area contributed by atoms with E-state index >= 15 is 0 Å². The Hall–Kier alpha value is -3.55. The second-order valence-electron chi connectivity index (χ2n) is 5.23. The molecular weight excluding hydrogens is 322 g/mol. The third kappa shape index (κ3) is 3.86. The molecule has 0 unspecified atom stereocenters. The predicted molar refractivity (Wildman–Crippen MR) is 90.9 cm³/mol. The lowest BCUT2D eigenvalue weighted by molar-refractivity contribution is -0.385. The van der Waals surface area contributed by atoms with E-state index in [1.165, 1.54) is 18.2 Å². The molecule has 0 aliphatic heterocycles. The van der Waals surface area contributed by atoms with Crippen LogP contribution >= 0.6 is 0 Å². The van der Waals surface area contributed by atoms with Gasteiger partial charge in [-0.3, -0.25) is 24.6 Å². The zero-order chi connectivity index (χ0) is 17.6. The molecule has 8 heteroatoms. The minimum Gasteiger partial charge on any atom is -0.350 e. The second-order valence-corrected chi connectivity index (χ2v) is 5.23. The summed E-state index contributed by atoms with van der Waals surface area (Å²) in [4.78, 5) is 26.5. The highest BCUT2D eigenvalue weighted by atomic mass is 16.6. The molecule has 0 bridgehead atoms. The minimum absolute atomic E-state index is 0.0467. The van der Waals surface area contributed by atoms with E-state index in [1.54, 1.807) is 23.1 Å². The largest absolute Gasteiger partial charge is 0.350 e. The Morgan fingerprint density at radius 2 is 1.92 bits per heavy atom. The van der Waals surface area contributed by atoms with Gasteiger partial charge in [-0.15, -0.1) is 0 Å². The molecule has 0 aliphatic rings. The third-order valence-electron chi connectivity index (χ3n) is 3.59. The van der Waals surface area contributed by atoms with Gasteiger partial charge in [-0.25, -0.2) is 0 Å². The second kappa shape index (κ2) is 7.35. The fraction of sp³-hybridized carbons (Fsp3) is 0.118. The summed E-state index contributed by atoms with van der Waals surface area (Å²) in [6.07, 6.45) is 5.20. The molecule has 2 aromatic heterocycles. The minimum atomic E-state index is -0.566. The summed E-state index contributed by atoms with van der Waals surface area (Å²) in [5.41, 5.74) is 1.61. The van der Waals surface area contributed by atoms with E-state index in [2.05, 4.69) is 15.4 Å². The average molecular weight is 337 g/mol. The number of hydrogen-bond donors (Lipinski definition) is 1. The van der Waals surface area contributed by atoms with Crippen LogP contribution in [0.2, 0.25) is 0 Å². The van der Waals surface area contributed by atoms with Gasteiger partial charge in [-0.05, 0) is 24.3 Å². The molecule has 0 atom stereocenters. The zero-order valence-electron chi connectivity index (χ0n) is 13.2. The smallest absolute Gasteiger partial charge is 0.282 e. The Kier molecular flexibility index (Phi) is 4.79. The molecular formula is C17H15N5O3. The maximum atomic E-state index is 12.1. The maximum absolute atomic E-state index is 12.1. The molecule has 25 heavy (non-hydrogen) atoms. The first-order valence-electron chi connectivity index (χ1n) is 7.60. The van der Waals surface area contributed by atoms with E-state index in [-0.39, 0.29) is 11.3 Å². The van der Waals surface area contributed by atoms with E-state index in [4.69, 9.17) is 0 Å². The molecule has 0 fully saturated rings. The summed E-state index contributed by atoms with van der Waals surface area (Å²) in [5, 5.41) is 18.1. The number of nitrogens with zero attached hydrogens (tertiary/aromatic N) is 4. The monoisotopic (exact) mass is 337 g/mol. The highest BCUT2D eigenvalue weighted by Crippen LogP contribution is 2.17. The van der Waals surface area contributed by atoms with Gasteiger partial charge in [0.1, 0.15) is 5.56 Å². The molecule has 0 radical (unpaired) electrons. The van der Waals surface area contributed by atoms with Crippen LogP contribution in [0.25, 0.3) is 11.3 Å². The molecule has 1 N–H and O–H groups in total. The van der Waals surface area contributed by atoms with Gasteiger partial charge in [0.2, 0.25) is 0 Å². The predicted octanol–water partition coefficient (Wildman–Crippen LogP) is 2.28. The standard InChI is InChI=1S/C17H15N5O3/c23-17(14-3-1-2-4-16(14)22(24)25)19-10-12-21-11-7-15(20-21)13-5-8-18-9-6-13/h1-9,11H,10,12H2,(H,19,23). The van der Waals surface area contributed by atoms with Crippen LogP contribution in [0.3, 0.4) is 0 Å². The number of carbonyl (C=O) groups excluding carboxylic acids is 1. The van der Waals surface area contributed by atoms with Crippen molar-refractivity contribution in [1.29, 1.82) is 0 Å². The number of aromatic nitrogens is 3. The van der Waals surface area contributed by atoms with Crippen molar-refractivity contribution >= 4 is 11.6 Å². The van der Waals surface area contributed by atoms with E-state index in [1.807, 2.05) is 24.4 Å². The Bertz CT molecular complexity index is 892. The summed E-state index contributed by atoms with van der Waals surface area (Å²) >= 11 is 0. The number of para-hydroxylation sites is 1. The first-order chi connectivity index (χ1) is 12.1. The number of nitro groups is 1. The Morgan fingerprint density at radius 1 is 1.16 bits per heavy atom. The van der Waals surface area contributed by atoms with Gasteiger partial charge >= 0.3 is 0 Å². The topological polar surface area (TPSA) is 103 Å². The maximum Gasteiger partial charge on any atom is 0.282 e. The van der Waals surface area contributed by atoms with Gasteiger partial charge in [-0.1, -0.05) is 12.1 Å². The van der Waals surface area contributed by atoms with Gasteiger partial charge in [-0.2, -0.15) is 5.10 Å². The average Bonchev–Trinajstić information content (AvgIpc) is 3.11. The summed E-state index contributed by atoms with van der Waals surface area (Å²) in [5.74, 6) is -0.478. The van der Waals surface area contributed by atoms with Crippen molar-refractivity contribution in [1.82, 2.24) is 20.1 Å². The van der Waals surface area contributed by atoms with Crippen molar-refractivity contribution in [2.75, 3.05) is 6.54 Å². The van der Waals surface area contributed by atoms with Gasteiger partial charge < -0.3 is 5.32 Å². The zero-order valence-corrected chi connectivity index (χ0v) is 13.2. The molecule has 0 saturated carbocycles. The fourth-order valence-corrected chi connectivity index (χ4v) is 2.37. The van der Waals surface area contributed by atoms with Crippen molar-refractivity contribution in [3.8, 4) is 11.3 Å². The van der Waals surface area contributed by atoms with Crippen molar-refractivity contribution < 1.29 is 9.72 Å². The molecule has 1 aromatic carbocycles. The molecule has 3 aromatic rings. The quantitative estimate of drug-likeness (QED) is 0.549. The van der Waals surface area contributed by atoms with Crippen LogP contribution in [0.15, 0.2) is 61.1 Å². The van der Waals surface area contributed by atoms with E-state index in [0.717, 1.165) is 11.3 Å². The van der Waals surface area contributed by atoms with E-state index in [9.17, 15) is 14.9 Å². The highest BCUT2D eigenvalue weighted by molar-refractivity contribution is 5.98. The van der Waals surface area contributed by atoms with Gasteiger partial charge in [0.15, 0.2) is 0 Å². The fourth-order valence-electron chi connectivity index (χ4n) is 2.37. The number of nitrogens with one attached hydrogen (secondary N) is 1. The van der Waals surface area contributed by atoms with Crippen LogP contribution in [0.1, 0.15) is 10.4 Å². The van der Waals surface area contributed by atoms with Crippen LogP contribution in [-0.4, -0.2) is 32.1 Å². The highest BCUT2D eigenvalue weighted by Gasteiger charge is 2.18. The van der Waals surface area contributed by atoms with Gasteiger partial charge in [0.05, 0.1) is 17.2 Å². The van der Waals surface area contributed by atoms with Crippen molar-refractivity contribution in [2.45, 2.75) is 6.54 Å². The molecule has 8 nitrogen and oxygen atoms in total. The lowest BCUT2D eigenvalue weighted by atomic mass is 10.1. The number of benzene rings is 1. The Balaban J connectivity index is 1.60. The lowest BCUT2D eigenvalue weighted by Crippen LogP contribution is -2.28. The van der Waals surface area contributed by atoms with Crippen LogP contribution < -0.4 is 5.32 Å². The van der Waals surface area contributed by atoms with Gasteiger partial charge in [0, 0.05) is 36.8 Å². The number of nitro benzene ring substituents is 1. The molecule has 2 heterocycles. The first kappa shape index (κ1) is 16.3. The van der Waals surface area contributed by atoms with Gasteiger partial charge in [0.25, 0.3) is 11.6 Å². The Labute approximate surface area is 143 Å². The summed E-state index contributed by atoms with van der Waals surface area (Å²) in [6.45, 7) is 0.764. The Morgan fingerprint density at radius 3 is 2.68 bits per heavy atom. The summed E-state index contributed by atoms with van der Waals surface area (Å²) in [6, 6.07) is 11.5. The van der Waals surface area contributed by atoms with Crippen molar-refractivity contribution in [3.63, 3.8) is 0 Å². The SMILES string of the molecule is O=C(NCCn1ccc(-c2ccncc2)n1)c1ccccc1[N+](=O)[O-]. The third-order valence-corrected chi connectivity index (χ3v) is 3.59. The lowest BCUT2D eigenvalue weighted by Gasteiger charge is -2.06. The van der Waals surface area contributed by atoms with E-state index < -0.39 is 10.8 Å². The molecule has 3 rings (SSSR count). The molecule has 0 saturated heterocycles. The number of amides is 1. The summed E-state index contributed by atoms with van der Waals surface area (Å²) in [7, 11) is 0. The van der Waals surface area contributed by atoms with Crippen molar-refractivity contribution in [2.24, 2.45) is 0 Å². The number of hydrogen-bond acceptors (Lipinski definition) is 5. The van der Waals surface area contributed by atoms with Crippen LogP contribution in [0.4, 0.5) is 5.69 Å². The normalized spacial score (nSPS) is 10.4. The summed E-state index contributed by atoms with van der Waals surface area (Å²) < 4.78 is 1.70. The molecule has 0 spiro atoms. The molecule has 1 amide bonds. The molecule has 0 aliphatic carbocycles. The van der Waals surface area contributed by atoms with Crippen LogP contribution in [0.5, 0.6) is 0 Å². The van der Waals surface area contributed by atoms with Crippen molar-refractivity contribution in [3.05, 3.63) is 76.7 Å². The first-order valence-corrected chi connectivity index (χ1v) is 7.60. The van der Waals surface area contributed by atoms with Crippen LogP contribution in [-0.2, 0) is 6.54 Å². The number of pyridine rings is 1. The molecule has 126 valence electrons. The number of carbonyl (C=O) groups is 1. The van der Waals surface area contributed by atoms with Crippen LogP contribution in [0, 0.1) is 10.1 Å².